The summed E-state index contributed by atoms with van der Waals surface area (Å²) in [4.78, 5) is 3.60. The van der Waals surface area contributed by atoms with E-state index >= 15 is 0 Å². The highest BCUT2D eigenvalue weighted by Gasteiger charge is 2.46. The van der Waals surface area contributed by atoms with Crippen LogP contribution in [0.15, 0.2) is 29.6 Å². The maximum Gasteiger partial charge on any atom is 0.267 e. The Balaban J connectivity index is 2.03. The Morgan fingerprint density at radius 1 is 1.14 bits per heavy atom. The van der Waals surface area contributed by atoms with E-state index in [-0.39, 0.29) is 0 Å². The summed E-state index contributed by atoms with van der Waals surface area (Å²) in [7, 11) is 0. The maximum atomic E-state index is 13.0. The molecule has 0 radical (unpaired) electrons. The average molecular weight is 330 g/mol. The molecule has 2 aromatic heterocycles. The Hall–Kier alpha value is -0.780. The van der Waals surface area contributed by atoms with Gasteiger partial charge in [0.05, 0.1) is 0 Å². The molecule has 5 heteroatoms. The maximum absolute atomic E-state index is 13.0. The fourth-order valence-corrected chi connectivity index (χ4v) is 3.89. The molecule has 21 heavy (non-hydrogen) atoms. The Morgan fingerprint density at radius 3 is 2.43 bits per heavy atom. The van der Waals surface area contributed by atoms with Crippen LogP contribution in [-0.2, 0) is 6.42 Å². The van der Waals surface area contributed by atoms with Gasteiger partial charge in [0, 0.05) is 14.6 Å². The van der Waals surface area contributed by atoms with Gasteiger partial charge in [-0.3, -0.25) is 0 Å². The first-order valence-corrected chi connectivity index (χ1v) is 8.57. The molecule has 2 aromatic rings. The molecule has 2 heterocycles. The molecular weight excluding hydrogens is 310 g/mol. The lowest BCUT2D eigenvalue weighted by Gasteiger charge is -2.39. The van der Waals surface area contributed by atoms with Gasteiger partial charge in [0.2, 0.25) is 0 Å². The summed E-state index contributed by atoms with van der Waals surface area (Å²) in [6.07, 6.45) is -1.52. The van der Waals surface area contributed by atoms with Crippen LogP contribution in [0.25, 0.3) is 9.75 Å². The second kappa shape index (κ2) is 6.15. The van der Waals surface area contributed by atoms with Gasteiger partial charge < -0.3 is 5.11 Å². The number of aryl methyl sites for hydroxylation is 1. The van der Waals surface area contributed by atoms with E-state index in [0.29, 0.717) is 12.8 Å². The average Bonchev–Trinajstić information content (AvgIpc) is 3.07. The summed E-state index contributed by atoms with van der Waals surface area (Å²) in [5.74, 6) is 0. The van der Waals surface area contributed by atoms with Gasteiger partial charge in [-0.15, -0.1) is 22.7 Å². The highest BCUT2D eigenvalue weighted by atomic mass is 32.1. The quantitative estimate of drug-likeness (QED) is 0.746. The number of alkyl halides is 2. The van der Waals surface area contributed by atoms with Crippen LogP contribution in [0.5, 0.6) is 0 Å². The van der Waals surface area contributed by atoms with E-state index in [9.17, 15) is 13.9 Å². The first-order valence-electron chi connectivity index (χ1n) is 6.87. The largest absolute Gasteiger partial charge is 0.384 e. The van der Waals surface area contributed by atoms with Crippen molar-refractivity contribution in [1.29, 1.82) is 0 Å². The molecule has 1 atom stereocenters. The van der Waals surface area contributed by atoms with Crippen molar-refractivity contribution in [2.45, 2.75) is 45.6 Å². The Bertz CT molecular complexity index is 571. The molecule has 1 unspecified atom stereocenters. The zero-order valence-corrected chi connectivity index (χ0v) is 14.0. The fraction of sp³-hybridized carbons (Fsp3) is 0.500. The Kier molecular flexibility index (Phi) is 4.85. The summed E-state index contributed by atoms with van der Waals surface area (Å²) in [5.41, 5.74) is -2.81. The molecule has 1 nitrogen and oxygen atoms in total. The molecule has 0 spiro atoms. The number of rotatable bonds is 6. The second-order valence-electron chi connectivity index (χ2n) is 6.08. The van der Waals surface area contributed by atoms with Gasteiger partial charge in [-0.05, 0) is 48.8 Å². The van der Waals surface area contributed by atoms with E-state index in [2.05, 4.69) is 12.1 Å². The van der Waals surface area contributed by atoms with Crippen LogP contribution < -0.4 is 0 Å². The lowest BCUT2D eigenvalue weighted by atomic mass is 9.73. The molecule has 0 saturated carbocycles. The van der Waals surface area contributed by atoms with Crippen molar-refractivity contribution in [2.75, 3.05) is 0 Å². The zero-order valence-electron chi connectivity index (χ0n) is 12.4. The van der Waals surface area contributed by atoms with Crippen LogP contribution in [0.3, 0.4) is 0 Å². The Morgan fingerprint density at radius 2 is 1.86 bits per heavy atom. The topological polar surface area (TPSA) is 20.2 Å². The standard InChI is InChI=1S/C16H20F2OS2/c1-15(2,16(3,19)14(17)18)9-8-11-6-7-13(21-11)12-5-4-10-20-12/h4-7,10,14,19H,8-9H2,1-3H3. The van der Waals surface area contributed by atoms with Crippen LogP contribution in [0.2, 0.25) is 0 Å². The lowest BCUT2D eigenvalue weighted by Crippen LogP contribution is -2.48. The van der Waals surface area contributed by atoms with E-state index in [1.54, 1.807) is 36.5 Å². The molecule has 116 valence electrons. The third-order valence-electron chi connectivity index (χ3n) is 4.22. The smallest absolute Gasteiger partial charge is 0.267 e. The molecule has 2 rings (SSSR count). The predicted molar refractivity (Wildman–Crippen MR) is 86.4 cm³/mol. The molecule has 0 aliphatic carbocycles. The molecule has 0 aliphatic rings. The number of thiophene rings is 2. The highest BCUT2D eigenvalue weighted by molar-refractivity contribution is 7.21. The highest BCUT2D eigenvalue weighted by Crippen LogP contribution is 2.40. The second-order valence-corrected chi connectivity index (χ2v) is 8.19. The third-order valence-corrected chi connectivity index (χ3v) is 6.43. The zero-order chi connectivity index (χ0) is 15.7. The number of hydrogen-bond acceptors (Lipinski definition) is 3. The molecule has 1 N–H and O–H groups in total. The normalized spacial score (nSPS) is 15.4. The van der Waals surface area contributed by atoms with Crippen LogP contribution in [0, 0.1) is 5.41 Å². The SMILES string of the molecule is CC(C)(CCc1ccc(-c2cccs2)s1)C(C)(O)C(F)F. The van der Waals surface area contributed by atoms with Crippen LogP contribution in [-0.4, -0.2) is 17.1 Å². The first kappa shape index (κ1) is 16.6. The van der Waals surface area contributed by atoms with Crippen molar-refractivity contribution in [2.24, 2.45) is 5.41 Å². The minimum Gasteiger partial charge on any atom is -0.384 e. The number of halogens is 2. The van der Waals surface area contributed by atoms with Gasteiger partial charge >= 0.3 is 0 Å². The van der Waals surface area contributed by atoms with Crippen molar-refractivity contribution in [1.82, 2.24) is 0 Å². The van der Waals surface area contributed by atoms with E-state index in [1.165, 1.54) is 16.7 Å². The summed E-state index contributed by atoms with van der Waals surface area (Å²) in [5, 5.41) is 12.0. The molecule has 0 aromatic carbocycles. The van der Waals surface area contributed by atoms with E-state index in [0.717, 1.165) is 4.88 Å². The molecular formula is C16H20F2OS2. The summed E-state index contributed by atoms with van der Waals surface area (Å²) in [6, 6.07) is 8.21. The van der Waals surface area contributed by atoms with Crippen LogP contribution >= 0.6 is 22.7 Å². The lowest BCUT2D eigenvalue weighted by molar-refractivity contribution is -0.154. The summed E-state index contributed by atoms with van der Waals surface area (Å²) < 4.78 is 26.0. The van der Waals surface area contributed by atoms with Gasteiger partial charge in [-0.2, -0.15) is 0 Å². The van der Waals surface area contributed by atoms with Gasteiger partial charge in [0.15, 0.2) is 0 Å². The van der Waals surface area contributed by atoms with Gasteiger partial charge in [0.1, 0.15) is 5.60 Å². The first-order chi connectivity index (χ1) is 9.74. The minimum absolute atomic E-state index is 0.523. The Labute approximate surface area is 132 Å². The minimum atomic E-state index is -2.74. The van der Waals surface area contributed by atoms with Crippen molar-refractivity contribution < 1.29 is 13.9 Å². The predicted octanol–water partition coefficient (Wildman–Crippen LogP) is 5.45. The van der Waals surface area contributed by atoms with Gasteiger partial charge in [-0.25, -0.2) is 8.78 Å². The molecule has 0 saturated heterocycles. The molecule has 0 aliphatic heterocycles. The summed E-state index contributed by atoms with van der Waals surface area (Å²) >= 11 is 3.38. The van der Waals surface area contributed by atoms with Crippen molar-refractivity contribution in [3.05, 3.63) is 34.5 Å². The molecule has 0 fully saturated rings. The van der Waals surface area contributed by atoms with Crippen molar-refractivity contribution in [3.63, 3.8) is 0 Å². The van der Waals surface area contributed by atoms with E-state index < -0.39 is 17.4 Å². The number of hydrogen-bond donors (Lipinski definition) is 1. The molecule has 0 bridgehead atoms. The fourth-order valence-electron chi connectivity index (χ4n) is 2.05. The van der Waals surface area contributed by atoms with Crippen LogP contribution in [0.1, 0.15) is 32.1 Å². The van der Waals surface area contributed by atoms with Gasteiger partial charge in [0.25, 0.3) is 6.43 Å². The monoisotopic (exact) mass is 330 g/mol. The van der Waals surface area contributed by atoms with Crippen LogP contribution in [0.4, 0.5) is 8.78 Å². The summed E-state index contributed by atoms with van der Waals surface area (Å²) in [6.45, 7) is 4.63. The third kappa shape index (κ3) is 3.52. The molecule has 0 amide bonds. The van der Waals surface area contributed by atoms with Crippen molar-refractivity contribution >= 4 is 22.7 Å². The van der Waals surface area contributed by atoms with E-state index in [4.69, 9.17) is 0 Å². The van der Waals surface area contributed by atoms with Crippen molar-refractivity contribution in [3.8, 4) is 9.75 Å². The van der Waals surface area contributed by atoms with Gasteiger partial charge in [-0.1, -0.05) is 19.9 Å². The van der Waals surface area contributed by atoms with E-state index in [1.807, 2.05) is 17.5 Å². The number of aliphatic hydroxyl groups is 1.